The van der Waals surface area contributed by atoms with Gasteiger partial charge >= 0.3 is 0 Å². The number of imidazole rings is 1. The second kappa shape index (κ2) is 4.94. The van der Waals surface area contributed by atoms with Crippen molar-refractivity contribution in [3.8, 4) is 0 Å². The predicted molar refractivity (Wildman–Crippen MR) is 45.5 cm³/mol. The van der Waals surface area contributed by atoms with Crippen LogP contribution in [-0.2, 0) is 13.1 Å². The molecular weight excluding hydrogens is 174 g/mol. The SMILES string of the molecule is CCC[n+]1ccn(CCC(F)F)c1. The summed E-state index contributed by atoms with van der Waals surface area (Å²) in [6.45, 7) is 3.43. The highest BCUT2D eigenvalue weighted by molar-refractivity contribution is 4.66. The average Bonchev–Trinajstić information content (AvgIpc) is 2.50. The van der Waals surface area contributed by atoms with E-state index in [2.05, 4.69) is 6.92 Å². The van der Waals surface area contributed by atoms with Crippen molar-refractivity contribution in [3.63, 3.8) is 0 Å². The zero-order chi connectivity index (χ0) is 9.68. The molecule has 0 aliphatic rings. The van der Waals surface area contributed by atoms with Gasteiger partial charge in [-0.1, -0.05) is 6.92 Å². The highest BCUT2D eigenvalue weighted by Crippen LogP contribution is 2.00. The molecule has 0 aromatic carbocycles. The maximum atomic E-state index is 11.9. The molecule has 1 heterocycles. The van der Waals surface area contributed by atoms with Crippen molar-refractivity contribution in [2.75, 3.05) is 0 Å². The van der Waals surface area contributed by atoms with Crippen LogP contribution >= 0.6 is 0 Å². The molecule has 1 aromatic rings. The molecule has 0 aliphatic carbocycles. The van der Waals surface area contributed by atoms with E-state index in [-0.39, 0.29) is 6.42 Å². The minimum atomic E-state index is -2.21. The molecule has 0 fully saturated rings. The molecule has 0 bridgehead atoms. The van der Waals surface area contributed by atoms with Crippen LogP contribution in [0.5, 0.6) is 0 Å². The molecule has 0 spiro atoms. The third-order valence-corrected chi connectivity index (χ3v) is 1.83. The van der Waals surface area contributed by atoms with E-state index in [0.29, 0.717) is 6.54 Å². The zero-order valence-corrected chi connectivity index (χ0v) is 7.79. The number of nitrogens with zero attached hydrogens (tertiary/aromatic N) is 2. The fourth-order valence-corrected chi connectivity index (χ4v) is 1.21. The van der Waals surface area contributed by atoms with Crippen molar-refractivity contribution in [3.05, 3.63) is 18.7 Å². The second-order valence-electron chi connectivity index (χ2n) is 3.07. The summed E-state index contributed by atoms with van der Waals surface area (Å²) in [4.78, 5) is 0. The van der Waals surface area contributed by atoms with Gasteiger partial charge in [0, 0.05) is 6.42 Å². The number of rotatable bonds is 5. The summed E-state index contributed by atoms with van der Waals surface area (Å²) in [5.41, 5.74) is 0. The minimum absolute atomic E-state index is 0.0686. The summed E-state index contributed by atoms with van der Waals surface area (Å²) in [5.74, 6) is 0. The Morgan fingerprint density at radius 1 is 1.46 bits per heavy atom. The molecule has 1 rings (SSSR count). The van der Waals surface area contributed by atoms with Crippen LogP contribution in [0.25, 0.3) is 0 Å². The van der Waals surface area contributed by atoms with Gasteiger partial charge in [0.1, 0.15) is 12.4 Å². The quantitative estimate of drug-likeness (QED) is 0.625. The molecule has 0 radical (unpaired) electrons. The highest BCUT2D eigenvalue weighted by atomic mass is 19.3. The van der Waals surface area contributed by atoms with Gasteiger partial charge in [-0.25, -0.2) is 17.9 Å². The van der Waals surface area contributed by atoms with E-state index in [4.69, 9.17) is 0 Å². The predicted octanol–water partition coefficient (Wildman–Crippen LogP) is 1.84. The Labute approximate surface area is 76.8 Å². The van der Waals surface area contributed by atoms with Crippen LogP contribution in [0, 0.1) is 0 Å². The summed E-state index contributed by atoms with van der Waals surface area (Å²) in [6, 6.07) is 0. The Bertz CT molecular complexity index is 246. The second-order valence-corrected chi connectivity index (χ2v) is 3.07. The van der Waals surface area contributed by atoms with Crippen molar-refractivity contribution in [1.82, 2.24) is 4.57 Å². The molecular formula is C9H15F2N2+. The van der Waals surface area contributed by atoms with E-state index in [1.165, 1.54) is 0 Å². The lowest BCUT2D eigenvalue weighted by molar-refractivity contribution is -0.696. The summed E-state index contributed by atoms with van der Waals surface area (Å²) in [7, 11) is 0. The monoisotopic (exact) mass is 189 g/mol. The fraction of sp³-hybridized carbons (Fsp3) is 0.667. The molecule has 0 aliphatic heterocycles. The third kappa shape index (κ3) is 3.53. The normalized spacial score (nSPS) is 11.1. The van der Waals surface area contributed by atoms with Gasteiger partial charge in [0.2, 0.25) is 12.8 Å². The van der Waals surface area contributed by atoms with Crippen LogP contribution in [0.4, 0.5) is 8.78 Å². The van der Waals surface area contributed by atoms with Crippen LogP contribution < -0.4 is 4.57 Å². The van der Waals surface area contributed by atoms with Gasteiger partial charge in [-0.15, -0.1) is 0 Å². The van der Waals surface area contributed by atoms with Crippen molar-refractivity contribution in [2.45, 2.75) is 39.3 Å². The van der Waals surface area contributed by atoms with Crippen molar-refractivity contribution in [2.24, 2.45) is 0 Å². The first-order chi connectivity index (χ1) is 6.22. The zero-order valence-electron chi connectivity index (χ0n) is 7.79. The van der Waals surface area contributed by atoms with Crippen LogP contribution in [0.3, 0.4) is 0 Å². The molecule has 0 amide bonds. The Morgan fingerprint density at radius 3 is 2.85 bits per heavy atom. The fourth-order valence-electron chi connectivity index (χ4n) is 1.21. The molecule has 4 heteroatoms. The van der Waals surface area contributed by atoms with Gasteiger partial charge in [-0.3, -0.25) is 0 Å². The summed E-state index contributed by atoms with van der Waals surface area (Å²) in [5, 5.41) is 0. The van der Waals surface area contributed by atoms with Gasteiger partial charge in [-0.05, 0) is 6.42 Å². The van der Waals surface area contributed by atoms with Gasteiger partial charge in [0.25, 0.3) is 0 Å². The standard InChI is InChI=1S/C9H15F2N2/c1-2-4-12-6-7-13(8-12)5-3-9(10)11/h6-9H,2-5H2,1H3/q+1. The van der Waals surface area contributed by atoms with Gasteiger partial charge < -0.3 is 0 Å². The molecule has 2 nitrogen and oxygen atoms in total. The lowest BCUT2D eigenvalue weighted by Gasteiger charge is -1.95. The minimum Gasteiger partial charge on any atom is -0.237 e. The van der Waals surface area contributed by atoms with Crippen molar-refractivity contribution < 1.29 is 13.3 Å². The smallest absolute Gasteiger partial charge is 0.237 e. The Hall–Kier alpha value is -0.930. The maximum absolute atomic E-state index is 11.9. The van der Waals surface area contributed by atoms with E-state index in [0.717, 1.165) is 13.0 Å². The van der Waals surface area contributed by atoms with E-state index in [9.17, 15) is 8.78 Å². The topological polar surface area (TPSA) is 8.81 Å². The van der Waals surface area contributed by atoms with Gasteiger partial charge in [-0.2, -0.15) is 0 Å². The molecule has 1 aromatic heterocycles. The molecule has 0 saturated heterocycles. The molecule has 0 unspecified atom stereocenters. The molecule has 0 saturated carbocycles. The van der Waals surface area contributed by atoms with Gasteiger partial charge in [0.15, 0.2) is 0 Å². The first-order valence-corrected chi connectivity index (χ1v) is 4.55. The van der Waals surface area contributed by atoms with E-state index >= 15 is 0 Å². The number of alkyl halides is 2. The van der Waals surface area contributed by atoms with Crippen molar-refractivity contribution in [1.29, 1.82) is 0 Å². The first-order valence-electron chi connectivity index (χ1n) is 4.55. The molecule has 0 N–H and O–H groups in total. The Balaban J connectivity index is 2.39. The third-order valence-electron chi connectivity index (χ3n) is 1.83. The maximum Gasteiger partial charge on any atom is 0.243 e. The van der Waals surface area contributed by atoms with Crippen LogP contribution in [0.1, 0.15) is 19.8 Å². The van der Waals surface area contributed by atoms with Crippen LogP contribution in [0.2, 0.25) is 0 Å². The summed E-state index contributed by atoms with van der Waals surface area (Å²) in [6.07, 6.45) is 4.39. The summed E-state index contributed by atoms with van der Waals surface area (Å²) < 4.78 is 27.5. The van der Waals surface area contributed by atoms with E-state index in [1.807, 2.05) is 23.3 Å². The number of hydrogen-bond donors (Lipinski definition) is 0. The number of aryl methyl sites for hydroxylation is 2. The number of aromatic nitrogens is 2. The molecule has 74 valence electrons. The Kier molecular flexibility index (Phi) is 3.86. The lowest BCUT2D eigenvalue weighted by atomic mass is 10.4. The molecule has 13 heavy (non-hydrogen) atoms. The van der Waals surface area contributed by atoms with Crippen molar-refractivity contribution >= 4 is 0 Å². The molecule has 0 atom stereocenters. The largest absolute Gasteiger partial charge is 0.243 e. The average molecular weight is 189 g/mol. The van der Waals surface area contributed by atoms with E-state index in [1.54, 1.807) is 4.57 Å². The van der Waals surface area contributed by atoms with Crippen LogP contribution in [0.15, 0.2) is 18.7 Å². The summed E-state index contributed by atoms with van der Waals surface area (Å²) >= 11 is 0. The van der Waals surface area contributed by atoms with Crippen LogP contribution in [-0.4, -0.2) is 11.0 Å². The Morgan fingerprint density at radius 2 is 2.23 bits per heavy atom. The van der Waals surface area contributed by atoms with Gasteiger partial charge in [0.05, 0.1) is 13.1 Å². The number of hydrogen-bond acceptors (Lipinski definition) is 0. The first kappa shape index (κ1) is 10.2. The highest BCUT2D eigenvalue weighted by Gasteiger charge is 2.07. The number of halogens is 2. The lowest BCUT2D eigenvalue weighted by Crippen LogP contribution is -2.30. The van der Waals surface area contributed by atoms with E-state index < -0.39 is 6.43 Å².